The van der Waals surface area contributed by atoms with E-state index < -0.39 is 0 Å². The molecule has 2 heterocycles. The maximum Gasteiger partial charge on any atom is 0.229 e. The van der Waals surface area contributed by atoms with Crippen LogP contribution in [0.3, 0.4) is 0 Å². The smallest absolute Gasteiger partial charge is 0.229 e. The van der Waals surface area contributed by atoms with Gasteiger partial charge in [-0.1, -0.05) is 31.2 Å². The van der Waals surface area contributed by atoms with Crippen molar-refractivity contribution in [1.82, 2.24) is 9.97 Å². The van der Waals surface area contributed by atoms with Crippen LogP contribution in [0.1, 0.15) is 23.7 Å². The number of anilines is 3. The van der Waals surface area contributed by atoms with E-state index in [0.29, 0.717) is 5.95 Å². The number of ether oxygens (including phenoxy) is 1. The van der Waals surface area contributed by atoms with E-state index in [4.69, 9.17) is 9.72 Å². The van der Waals surface area contributed by atoms with Gasteiger partial charge in [-0.15, -0.1) is 0 Å². The van der Waals surface area contributed by atoms with Crippen LogP contribution in [0.5, 0.6) is 5.75 Å². The summed E-state index contributed by atoms with van der Waals surface area (Å²) in [5.41, 5.74) is 4.72. The minimum atomic E-state index is 0.649. The maximum atomic E-state index is 5.35. The number of rotatable bonds is 5. The summed E-state index contributed by atoms with van der Waals surface area (Å²) in [5, 5.41) is 3.33. The summed E-state index contributed by atoms with van der Waals surface area (Å²) in [4.78, 5) is 11.8. The minimum Gasteiger partial charge on any atom is -0.497 e. The molecule has 0 unspecified atom stereocenters. The van der Waals surface area contributed by atoms with Gasteiger partial charge in [0, 0.05) is 30.5 Å². The van der Waals surface area contributed by atoms with E-state index in [0.717, 1.165) is 48.9 Å². The molecule has 1 aromatic heterocycles. The summed E-state index contributed by atoms with van der Waals surface area (Å²) in [6, 6.07) is 18.5. The van der Waals surface area contributed by atoms with Gasteiger partial charge < -0.3 is 15.0 Å². The summed E-state index contributed by atoms with van der Waals surface area (Å²) < 4.78 is 5.35. The molecule has 4 rings (SSSR count). The zero-order chi connectivity index (χ0) is 18.6. The predicted molar refractivity (Wildman–Crippen MR) is 109 cm³/mol. The van der Waals surface area contributed by atoms with Crippen molar-refractivity contribution in [2.24, 2.45) is 0 Å². The van der Waals surface area contributed by atoms with E-state index in [2.05, 4.69) is 40.3 Å². The Hall–Kier alpha value is -3.08. The molecule has 3 aromatic rings. The van der Waals surface area contributed by atoms with Crippen LogP contribution in [-0.4, -0.2) is 23.6 Å². The quantitative estimate of drug-likeness (QED) is 0.733. The summed E-state index contributed by atoms with van der Waals surface area (Å²) in [6.45, 7) is 3.91. The lowest BCUT2D eigenvalue weighted by molar-refractivity contribution is 0.413. The second-order valence-corrected chi connectivity index (χ2v) is 6.69. The number of aromatic nitrogens is 2. The molecule has 0 spiro atoms. The standard InChI is InChI=1S/C22H24N4O/c1-3-18-14-21(25-22(23-18)24-19-7-5-4-6-8-19)26-12-11-16-13-20(27-2)10-9-17(16)15-26/h4-10,13-14H,3,11-12,15H2,1-2H3,(H,23,24,25). The summed E-state index contributed by atoms with van der Waals surface area (Å²) in [5.74, 6) is 2.55. The van der Waals surface area contributed by atoms with Gasteiger partial charge in [-0.2, -0.15) is 4.98 Å². The van der Waals surface area contributed by atoms with Gasteiger partial charge in [-0.3, -0.25) is 0 Å². The zero-order valence-corrected chi connectivity index (χ0v) is 15.8. The van der Waals surface area contributed by atoms with E-state index >= 15 is 0 Å². The molecule has 0 atom stereocenters. The van der Waals surface area contributed by atoms with Crippen LogP contribution < -0.4 is 15.0 Å². The van der Waals surface area contributed by atoms with Crippen LogP contribution in [0.15, 0.2) is 54.6 Å². The molecule has 0 bridgehead atoms. The number of aryl methyl sites for hydroxylation is 1. The average Bonchev–Trinajstić information content (AvgIpc) is 2.73. The molecule has 0 saturated heterocycles. The Bertz CT molecular complexity index is 927. The summed E-state index contributed by atoms with van der Waals surface area (Å²) in [6.07, 6.45) is 1.86. The highest BCUT2D eigenvalue weighted by atomic mass is 16.5. The van der Waals surface area contributed by atoms with E-state index in [9.17, 15) is 0 Å². The van der Waals surface area contributed by atoms with Crippen molar-refractivity contribution in [1.29, 1.82) is 0 Å². The summed E-state index contributed by atoms with van der Waals surface area (Å²) in [7, 11) is 1.71. The van der Waals surface area contributed by atoms with Gasteiger partial charge in [0.25, 0.3) is 0 Å². The number of para-hydroxylation sites is 1. The van der Waals surface area contributed by atoms with E-state index in [1.807, 2.05) is 36.4 Å². The fourth-order valence-corrected chi connectivity index (χ4v) is 3.38. The van der Waals surface area contributed by atoms with Crippen LogP contribution in [0.25, 0.3) is 0 Å². The fourth-order valence-electron chi connectivity index (χ4n) is 3.38. The number of nitrogens with zero attached hydrogens (tertiary/aromatic N) is 3. The molecule has 0 saturated carbocycles. The zero-order valence-electron chi connectivity index (χ0n) is 15.8. The Labute approximate surface area is 160 Å². The molecule has 1 aliphatic heterocycles. The molecule has 0 fully saturated rings. The van der Waals surface area contributed by atoms with Crippen LogP contribution in [-0.2, 0) is 19.4 Å². The molecule has 27 heavy (non-hydrogen) atoms. The first kappa shape index (κ1) is 17.3. The first-order valence-electron chi connectivity index (χ1n) is 9.36. The highest BCUT2D eigenvalue weighted by molar-refractivity contribution is 5.56. The molecule has 138 valence electrons. The maximum absolute atomic E-state index is 5.35. The van der Waals surface area contributed by atoms with Gasteiger partial charge >= 0.3 is 0 Å². The van der Waals surface area contributed by atoms with Gasteiger partial charge in [-0.25, -0.2) is 4.98 Å². The second-order valence-electron chi connectivity index (χ2n) is 6.69. The van der Waals surface area contributed by atoms with Crippen LogP contribution >= 0.6 is 0 Å². The molecular weight excluding hydrogens is 336 g/mol. The van der Waals surface area contributed by atoms with Crippen LogP contribution in [0.4, 0.5) is 17.5 Å². The lowest BCUT2D eigenvalue weighted by Crippen LogP contribution is -2.31. The van der Waals surface area contributed by atoms with Crippen LogP contribution in [0.2, 0.25) is 0 Å². The molecule has 0 radical (unpaired) electrons. The topological polar surface area (TPSA) is 50.3 Å². The number of hydrogen-bond acceptors (Lipinski definition) is 5. The van der Waals surface area contributed by atoms with Crippen molar-refractivity contribution in [2.45, 2.75) is 26.3 Å². The Morgan fingerprint density at radius 2 is 1.89 bits per heavy atom. The van der Waals surface area contributed by atoms with Crippen molar-refractivity contribution in [3.8, 4) is 5.75 Å². The lowest BCUT2D eigenvalue weighted by atomic mass is 9.99. The lowest BCUT2D eigenvalue weighted by Gasteiger charge is -2.30. The molecular formula is C22H24N4O. The highest BCUT2D eigenvalue weighted by Crippen LogP contribution is 2.27. The normalized spacial score (nSPS) is 13.2. The van der Waals surface area contributed by atoms with Gasteiger partial charge in [-0.05, 0) is 48.2 Å². The second kappa shape index (κ2) is 7.66. The molecule has 1 aliphatic rings. The van der Waals surface area contributed by atoms with E-state index in [1.54, 1.807) is 7.11 Å². The largest absolute Gasteiger partial charge is 0.497 e. The first-order chi connectivity index (χ1) is 13.2. The number of methoxy groups -OCH3 is 1. The Morgan fingerprint density at radius 3 is 2.67 bits per heavy atom. The number of hydrogen-bond donors (Lipinski definition) is 1. The van der Waals surface area contributed by atoms with Crippen LogP contribution in [0, 0.1) is 0 Å². The monoisotopic (exact) mass is 360 g/mol. The summed E-state index contributed by atoms with van der Waals surface area (Å²) >= 11 is 0. The van der Waals surface area contributed by atoms with Crippen molar-refractivity contribution < 1.29 is 4.74 Å². The van der Waals surface area contributed by atoms with Crippen molar-refractivity contribution in [3.63, 3.8) is 0 Å². The van der Waals surface area contributed by atoms with Gasteiger partial charge in [0.05, 0.1) is 7.11 Å². The molecule has 5 heteroatoms. The average molecular weight is 360 g/mol. The molecule has 2 aromatic carbocycles. The number of nitrogens with one attached hydrogen (secondary N) is 1. The van der Waals surface area contributed by atoms with Gasteiger partial charge in [0.1, 0.15) is 11.6 Å². The van der Waals surface area contributed by atoms with E-state index in [1.165, 1.54) is 11.1 Å². The Morgan fingerprint density at radius 1 is 1.04 bits per heavy atom. The molecule has 5 nitrogen and oxygen atoms in total. The third-order valence-corrected chi connectivity index (χ3v) is 4.91. The predicted octanol–water partition coefficient (Wildman–Crippen LogP) is 4.35. The van der Waals surface area contributed by atoms with Crippen molar-refractivity contribution >= 4 is 17.5 Å². The first-order valence-corrected chi connectivity index (χ1v) is 9.36. The molecule has 0 amide bonds. The SMILES string of the molecule is CCc1cc(N2CCc3cc(OC)ccc3C2)nc(Nc2ccccc2)n1. The highest BCUT2D eigenvalue weighted by Gasteiger charge is 2.19. The van der Waals surface area contributed by atoms with Crippen molar-refractivity contribution in [2.75, 3.05) is 23.9 Å². The minimum absolute atomic E-state index is 0.649. The van der Waals surface area contributed by atoms with Gasteiger partial charge in [0.2, 0.25) is 5.95 Å². The third-order valence-electron chi connectivity index (χ3n) is 4.91. The Balaban J connectivity index is 1.60. The number of fused-ring (bicyclic) bond motifs is 1. The molecule has 0 aliphatic carbocycles. The molecule has 1 N–H and O–H groups in total. The number of benzene rings is 2. The van der Waals surface area contributed by atoms with Gasteiger partial charge in [0.15, 0.2) is 0 Å². The van der Waals surface area contributed by atoms with Crippen molar-refractivity contribution in [3.05, 3.63) is 71.4 Å². The van der Waals surface area contributed by atoms with E-state index in [-0.39, 0.29) is 0 Å². The fraction of sp³-hybridized carbons (Fsp3) is 0.273. The third kappa shape index (κ3) is 3.87. The Kier molecular flexibility index (Phi) is 4.92.